The Bertz CT molecular complexity index is 282. The lowest BCUT2D eigenvalue weighted by Gasteiger charge is -2.21. The van der Waals surface area contributed by atoms with Crippen LogP contribution in [-0.4, -0.2) is 15.8 Å². The van der Waals surface area contributed by atoms with E-state index in [1.54, 1.807) is 13.8 Å². The first-order valence-corrected chi connectivity index (χ1v) is 4.85. The Morgan fingerprint density at radius 1 is 1.21 bits per heavy atom. The number of aryl methyl sites for hydroxylation is 1. The fraction of sp³-hybridized carbons (Fsp3) is 0.500. The minimum Gasteiger partial charge on any atom is -0.390 e. The fourth-order valence-electron chi connectivity index (χ4n) is 1.38. The second-order valence-electron chi connectivity index (χ2n) is 4.44. The van der Waals surface area contributed by atoms with Crippen LogP contribution in [0.3, 0.4) is 0 Å². The highest BCUT2D eigenvalue weighted by Crippen LogP contribution is 2.23. The van der Waals surface area contributed by atoms with Crippen molar-refractivity contribution in [2.45, 2.75) is 38.9 Å². The van der Waals surface area contributed by atoms with Crippen LogP contribution in [-0.2, 0) is 0 Å². The van der Waals surface area contributed by atoms with Crippen molar-refractivity contribution < 1.29 is 10.2 Å². The average Bonchev–Trinajstić information content (AvgIpc) is 2.02. The predicted molar refractivity (Wildman–Crippen MR) is 57.1 cm³/mol. The van der Waals surface area contributed by atoms with Gasteiger partial charge in [-0.25, -0.2) is 0 Å². The molecule has 1 aromatic rings. The molecule has 1 atom stereocenters. The van der Waals surface area contributed by atoms with E-state index in [0.717, 1.165) is 5.56 Å². The van der Waals surface area contributed by atoms with Crippen LogP contribution < -0.4 is 0 Å². The van der Waals surface area contributed by atoms with Gasteiger partial charge in [0.05, 0.1) is 11.7 Å². The molecule has 14 heavy (non-hydrogen) atoms. The molecular weight excluding hydrogens is 176 g/mol. The van der Waals surface area contributed by atoms with Crippen molar-refractivity contribution in [2.75, 3.05) is 0 Å². The van der Waals surface area contributed by atoms with Crippen molar-refractivity contribution >= 4 is 0 Å². The Hall–Kier alpha value is -0.860. The molecule has 1 unspecified atom stereocenters. The van der Waals surface area contributed by atoms with Crippen LogP contribution in [0.5, 0.6) is 0 Å². The van der Waals surface area contributed by atoms with Gasteiger partial charge in [-0.15, -0.1) is 0 Å². The summed E-state index contributed by atoms with van der Waals surface area (Å²) in [5.41, 5.74) is 1.20. The van der Waals surface area contributed by atoms with Gasteiger partial charge in [0.15, 0.2) is 0 Å². The van der Waals surface area contributed by atoms with E-state index in [4.69, 9.17) is 0 Å². The molecule has 2 N–H and O–H groups in total. The van der Waals surface area contributed by atoms with Crippen LogP contribution in [0.15, 0.2) is 24.3 Å². The summed E-state index contributed by atoms with van der Waals surface area (Å²) in [7, 11) is 0. The van der Waals surface area contributed by atoms with Crippen molar-refractivity contribution in [1.82, 2.24) is 0 Å². The molecule has 0 saturated heterocycles. The largest absolute Gasteiger partial charge is 0.390 e. The van der Waals surface area contributed by atoms with E-state index < -0.39 is 11.7 Å². The van der Waals surface area contributed by atoms with E-state index in [0.29, 0.717) is 6.42 Å². The lowest BCUT2D eigenvalue weighted by Crippen LogP contribution is -2.22. The third kappa shape index (κ3) is 3.48. The number of aliphatic hydroxyl groups excluding tert-OH is 1. The first-order chi connectivity index (χ1) is 6.38. The molecule has 0 spiro atoms. The summed E-state index contributed by atoms with van der Waals surface area (Å²) >= 11 is 0. The van der Waals surface area contributed by atoms with Gasteiger partial charge in [0.1, 0.15) is 0 Å². The number of rotatable bonds is 3. The maximum atomic E-state index is 9.79. The highest BCUT2D eigenvalue weighted by atomic mass is 16.3. The molecular formula is C12H18O2. The van der Waals surface area contributed by atoms with Gasteiger partial charge in [0.2, 0.25) is 0 Å². The number of benzene rings is 1. The van der Waals surface area contributed by atoms with E-state index in [-0.39, 0.29) is 0 Å². The maximum absolute atomic E-state index is 9.79. The summed E-state index contributed by atoms with van der Waals surface area (Å²) in [6.45, 7) is 5.40. The fourth-order valence-corrected chi connectivity index (χ4v) is 1.38. The topological polar surface area (TPSA) is 40.5 Å². The normalized spacial score (nSPS) is 14.1. The molecule has 0 radical (unpaired) electrons. The second-order valence-corrected chi connectivity index (χ2v) is 4.44. The van der Waals surface area contributed by atoms with E-state index in [1.807, 2.05) is 31.2 Å². The van der Waals surface area contributed by atoms with Crippen molar-refractivity contribution in [2.24, 2.45) is 0 Å². The molecule has 0 amide bonds. The third-order valence-electron chi connectivity index (χ3n) is 2.16. The lowest BCUT2D eigenvalue weighted by atomic mass is 9.96. The van der Waals surface area contributed by atoms with Gasteiger partial charge in [-0.2, -0.15) is 0 Å². The summed E-state index contributed by atoms with van der Waals surface area (Å²) in [5.74, 6) is 0. The summed E-state index contributed by atoms with van der Waals surface area (Å²) in [4.78, 5) is 0. The Balaban J connectivity index is 2.70. The third-order valence-corrected chi connectivity index (χ3v) is 2.16. The Labute approximate surface area is 85.2 Å². The van der Waals surface area contributed by atoms with Gasteiger partial charge in [-0.3, -0.25) is 0 Å². The van der Waals surface area contributed by atoms with Crippen LogP contribution in [0.2, 0.25) is 0 Å². The maximum Gasteiger partial charge on any atom is 0.0817 e. The summed E-state index contributed by atoms with van der Waals surface area (Å²) in [6.07, 6.45) is -0.230. The van der Waals surface area contributed by atoms with Gasteiger partial charge in [0, 0.05) is 6.42 Å². The minimum atomic E-state index is -0.829. The van der Waals surface area contributed by atoms with Gasteiger partial charge in [0.25, 0.3) is 0 Å². The highest BCUT2D eigenvalue weighted by Gasteiger charge is 2.19. The molecule has 0 saturated carbocycles. The molecule has 1 rings (SSSR count). The summed E-state index contributed by atoms with van der Waals surface area (Å²) < 4.78 is 0. The van der Waals surface area contributed by atoms with Gasteiger partial charge in [-0.05, 0) is 26.3 Å². The number of hydrogen-bond donors (Lipinski definition) is 2. The molecule has 0 fully saturated rings. The molecule has 2 heteroatoms. The van der Waals surface area contributed by atoms with Gasteiger partial charge >= 0.3 is 0 Å². The Morgan fingerprint density at radius 2 is 1.71 bits per heavy atom. The van der Waals surface area contributed by atoms with Crippen LogP contribution in [0.1, 0.15) is 37.5 Å². The molecule has 78 valence electrons. The standard InChI is InChI=1S/C12H18O2/c1-9-4-6-10(7-5-9)11(13)8-12(2,3)14/h4-7,11,13-14H,8H2,1-3H3. The van der Waals surface area contributed by atoms with E-state index in [2.05, 4.69) is 0 Å². The molecule has 0 aliphatic heterocycles. The van der Waals surface area contributed by atoms with Crippen molar-refractivity contribution in [1.29, 1.82) is 0 Å². The molecule has 0 aliphatic carbocycles. The number of aliphatic hydroxyl groups is 2. The molecule has 2 nitrogen and oxygen atoms in total. The zero-order valence-electron chi connectivity index (χ0n) is 8.99. The minimum absolute atomic E-state index is 0.357. The smallest absolute Gasteiger partial charge is 0.0817 e. The van der Waals surface area contributed by atoms with E-state index in [1.165, 1.54) is 5.56 Å². The van der Waals surface area contributed by atoms with Crippen molar-refractivity contribution in [3.05, 3.63) is 35.4 Å². The average molecular weight is 194 g/mol. The Morgan fingerprint density at radius 3 is 2.14 bits per heavy atom. The second kappa shape index (κ2) is 4.11. The zero-order valence-corrected chi connectivity index (χ0v) is 8.99. The van der Waals surface area contributed by atoms with E-state index >= 15 is 0 Å². The van der Waals surface area contributed by atoms with Crippen molar-refractivity contribution in [3.8, 4) is 0 Å². The predicted octanol–water partition coefficient (Wildman–Crippen LogP) is 2.19. The monoisotopic (exact) mass is 194 g/mol. The molecule has 0 aliphatic rings. The number of hydrogen-bond acceptors (Lipinski definition) is 2. The van der Waals surface area contributed by atoms with Crippen LogP contribution >= 0.6 is 0 Å². The first-order valence-electron chi connectivity index (χ1n) is 4.85. The van der Waals surface area contributed by atoms with Gasteiger partial charge in [-0.1, -0.05) is 29.8 Å². The first kappa shape index (κ1) is 11.2. The summed E-state index contributed by atoms with van der Waals surface area (Å²) in [5, 5.41) is 19.3. The molecule has 0 bridgehead atoms. The quantitative estimate of drug-likeness (QED) is 0.774. The molecule has 0 heterocycles. The van der Waals surface area contributed by atoms with Crippen molar-refractivity contribution in [3.63, 3.8) is 0 Å². The molecule has 0 aromatic heterocycles. The van der Waals surface area contributed by atoms with Crippen LogP contribution in [0, 0.1) is 6.92 Å². The lowest BCUT2D eigenvalue weighted by molar-refractivity contribution is 0.0179. The van der Waals surface area contributed by atoms with E-state index in [9.17, 15) is 10.2 Å². The zero-order chi connectivity index (χ0) is 10.8. The highest BCUT2D eigenvalue weighted by molar-refractivity contribution is 5.23. The van der Waals surface area contributed by atoms with Gasteiger partial charge < -0.3 is 10.2 Å². The van der Waals surface area contributed by atoms with Crippen LogP contribution in [0.4, 0.5) is 0 Å². The van der Waals surface area contributed by atoms with Crippen LogP contribution in [0.25, 0.3) is 0 Å². The molecule has 1 aromatic carbocycles. The SMILES string of the molecule is Cc1ccc(C(O)CC(C)(C)O)cc1. The Kier molecular flexibility index (Phi) is 3.29. The summed E-state index contributed by atoms with van der Waals surface area (Å²) in [6, 6.07) is 7.71.